The van der Waals surface area contributed by atoms with E-state index in [9.17, 15) is 14.4 Å². The molecule has 7 nitrogen and oxygen atoms in total. The molecule has 2 atom stereocenters. The van der Waals surface area contributed by atoms with Crippen LogP contribution in [0.25, 0.3) is 10.9 Å². The highest BCUT2D eigenvalue weighted by atomic mass is 32.1. The molecule has 0 bridgehead atoms. The smallest absolute Gasteiger partial charge is 0.243 e. The lowest BCUT2D eigenvalue weighted by Gasteiger charge is -2.22. The second kappa shape index (κ2) is 9.98. The van der Waals surface area contributed by atoms with Crippen molar-refractivity contribution in [2.24, 2.45) is 5.73 Å². The molecule has 0 spiro atoms. The molecular formula is C22H24N4O3S. The van der Waals surface area contributed by atoms with Crippen molar-refractivity contribution in [3.8, 4) is 0 Å². The summed E-state index contributed by atoms with van der Waals surface area (Å²) in [4.78, 5) is 40.0. The first-order valence-electron chi connectivity index (χ1n) is 9.56. The summed E-state index contributed by atoms with van der Waals surface area (Å²) in [5.74, 6) is -1.55. The Kier molecular flexibility index (Phi) is 7.13. The fourth-order valence-electron chi connectivity index (χ4n) is 3.31. The molecule has 0 aliphatic rings. The van der Waals surface area contributed by atoms with Gasteiger partial charge in [-0.25, -0.2) is 0 Å². The normalized spacial score (nSPS) is 12.8. The first-order chi connectivity index (χ1) is 14.5. The van der Waals surface area contributed by atoms with Crippen LogP contribution in [-0.2, 0) is 27.2 Å². The number of thiol groups is 1. The number of hydrogen-bond donors (Lipinski definition) is 5. The zero-order valence-electron chi connectivity index (χ0n) is 16.3. The van der Waals surface area contributed by atoms with E-state index in [4.69, 9.17) is 5.73 Å². The molecular weight excluding hydrogens is 400 g/mol. The molecule has 8 heteroatoms. The Hall–Kier alpha value is -3.26. The first-order valence-corrected chi connectivity index (χ1v) is 10.2. The number of para-hydroxylation sites is 1. The molecule has 3 aromatic rings. The zero-order valence-corrected chi connectivity index (χ0v) is 17.2. The van der Waals surface area contributed by atoms with Crippen molar-refractivity contribution in [2.45, 2.75) is 24.9 Å². The maximum atomic E-state index is 13.0. The molecule has 156 valence electrons. The summed E-state index contributed by atoms with van der Waals surface area (Å²) >= 11 is 3.98. The molecule has 3 amide bonds. The lowest BCUT2D eigenvalue weighted by atomic mass is 10.0. The first kappa shape index (κ1) is 21.4. The van der Waals surface area contributed by atoms with E-state index in [1.807, 2.05) is 60.8 Å². The number of hydrogen-bond acceptors (Lipinski definition) is 4. The second-order valence-corrected chi connectivity index (χ2v) is 7.31. The number of amides is 3. The van der Waals surface area contributed by atoms with Crippen molar-refractivity contribution in [3.05, 3.63) is 71.9 Å². The molecule has 0 saturated heterocycles. The number of carbonyl (C=O) groups excluding carboxylic acids is 3. The van der Waals surface area contributed by atoms with Gasteiger partial charge >= 0.3 is 0 Å². The number of nitrogens with one attached hydrogen (secondary N) is 3. The average Bonchev–Trinajstić information content (AvgIpc) is 3.16. The van der Waals surface area contributed by atoms with Crippen LogP contribution in [0, 0.1) is 0 Å². The number of aromatic amines is 1. The summed E-state index contributed by atoms with van der Waals surface area (Å²) in [6, 6.07) is 15.2. The molecule has 3 rings (SSSR count). The van der Waals surface area contributed by atoms with Gasteiger partial charge in [-0.15, -0.1) is 0 Å². The summed E-state index contributed by atoms with van der Waals surface area (Å²) in [7, 11) is 0. The SMILES string of the molecule is NC(=O)[C@H](Cc1ccccc1)NC(=O)[C@H](Cc1c[nH]c2ccccc12)NC(=O)CS. The van der Waals surface area contributed by atoms with Crippen LogP contribution in [0.1, 0.15) is 11.1 Å². The minimum Gasteiger partial charge on any atom is -0.368 e. The minimum atomic E-state index is -0.890. The third-order valence-electron chi connectivity index (χ3n) is 4.84. The molecule has 2 aromatic carbocycles. The van der Waals surface area contributed by atoms with Gasteiger partial charge in [-0.05, 0) is 17.2 Å². The molecule has 0 unspecified atom stereocenters. The van der Waals surface area contributed by atoms with Crippen molar-refractivity contribution < 1.29 is 14.4 Å². The lowest BCUT2D eigenvalue weighted by Crippen LogP contribution is -2.54. The summed E-state index contributed by atoms with van der Waals surface area (Å²) in [5, 5.41) is 6.34. The topological polar surface area (TPSA) is 117 Å². The van der Waals surface area contributed by atoms with Crippen LogP contribution in [0.3, 0.4) is 0 Å². The number of benzene rings is 2. The van der Waals surface area contributed by atoms with E-state index in [0.29, 0.717) is 0 Å². The average molecular weight is 425 g/mol. The van der Waals surface area contributed by atoms with Crippen molar-refractivity contribution in [1.29, 1.82) is 0 Å². The summed E-state index contributed by atoms with van der Waals surface area (Å²) < 4.78 is 0. The predicted octanol–water partition coefficient (Wildman–Crippen LogP) is 1.34. The van der Waals surface area contributed by atoms with E-state index >= 15 is 0 Å². The van der Waals surface area contributed by atoms with Gasteiger partial charge in [-0.2, -0.15) is 12.6 Å². The molecule has 5 N–H and O–H groups in total. The minimum absolute atomic E-state index is 0.0546. The van der Waals surface area contributed by atoms with Crippen molar-refractivity contribution in [2.75, 3.05) is 5.75 Å². The number of H-pyrrole nitrogens is 1. The number of primary amides is 1. The van der Waals surface area contributed by atoms with Crippen molar-refractivity contribution in [1.82, 2.24) is 15.6 Å². The summed E-state index contributed by atoms with van der Waals surface area (Å²) in [6.45, 7) is 0. The van der Waals surface area contributed by atoms with Crippen LogP contribution < -0.4 is 16.4 Å². The Bertz CT molecular complexity index is 1040. The van der Waals surface area contributed by atoms with Crippen LogP contribution in [0.2, 0.25) is 0 Å². The van der Waals surface area contributed by atoms with Gasteiger partial charge in [0.05, 0.1) is 5.75 Å². The Morgan fingerprint density at radius 1 is 0.933 bits per heavy atom. The van der Waals surface area contributed by atoms with E-state index in [1.165, 1.54) is 0 Å². The lowest BCUT2D eigenvalue weighted by molar-refractivity contribution is -0.130. The van der Waals surface area contributed by atoms with Crippen LogP contribution >= 0.6 is 12.6 Å². The number of fused-ring (bicyclic) bond motifs is 1. The van der Waals surface area contributed by atoms with Crippen molar-refractivity contribution in [3.63, 3.8) is 0 Å². The standard InChI is InChI=1S/C22H24N4O3S/c23-21(28)18(10-14-6-2-1-3-7-14)26-22(29)19(25-20(27)13-30)11-15-12-24-17-9-5-4-8-16(15)17/h1-9,12,18-19,24,30H,10-11,13H2,(H2,23,28)(H,25,27)(H,26,29)/t18-,19-/m0/s1. The van der Waals surface area contributed by atoms with E-state index in [0.717, 1.165) is 22.0 Å². The largest absolute Gasteiger partial charge is 0.368 e. The summed E-state index contributed by atoms with van der Waals surface area (Å²) in [5.41, 5.74) is 8.20. The number of nitrogens with two attached hydrogens (primary N) is 1. The quantitative estimate of drug-likeness (QED) is 0.334. The van der Waals surface area contributed by atoms with Gasteiger partial charge in [0.25, 0.3) is 0 Å². The Balaban J connectivity index is 1.78. The maximum absolute atomic E-state index is 13.0. The Morgan fingerprint density at radius 3 is 2.33 bits per heavy atom. The van der Waals surface area contributed by atoms with Crippen LogP contribution in [0.5, 0.6) is 0 Å². The van der Waals surface area contributed by atoms with Gasteiger partial charge in [0.15, 0.2) is 0 Å². The number of rotatable bonds is 9. The van der Waals surface area contributed by atoms with Gasteiger partial charge in [0.1, 0.15) is 12.1 Å². The highest BCUT2D eigenvalue weighted by Gasteiger charge is 2.26. The molecule has 0 saturated carbocycles. The van der Waals surface area contributed by atoms with Gasteiger partial charge in [-0.3, -0.25) is 14.4 Å². The number of carbonyl (C=O) groups is 3. The zero-order chi connectivity index (χ0) is 21.5. The van der Waals surface area contributed by atoms with Gasteiger partial charge in [-0.1, -0.05) is 48.5 Å². The summed E-state index contributed by atoms with van der Waals surface area (Å²) in [6.07, 6.45) is 2.34. The van der Waals surface area contributed by atoms with Gasteiger partial charge in [0, 0.05) is 29.9 Å². The monoisotopic (exact) mass is 424 g/mol. The van der Waals surface area contributed by atoms with E-state index in [2.05, 4.69) is 28.2 Å². The Morgan fingerprint density at radius 2 is 1.63 bits per heavy atom. The molecule has 0 aliphatic heterocycles. The van der Waals surface area contributed by atoms with Gasteiger partial charge in [0.2, 0.25) is 17.7 Å². The molecule has 0 fully saturated rings. The predicted molar refractivity (Wildman–Crippen MR) is 119 cm³/mol. The van der Waals surface area contributed by atoms with Crippen molar-refractivity contribution >= 4 is 41.3 Å². The molecule has 0 radical (unpaired) electrons. The van der Waals surface area contributed by atoms with E-state index in [-0.39, 0.29) is 24.5 Å². The van der Waals surface area contributed by atoms with Crippen LogP contribution in [0.4, 0.5) is 0 Å². The van der Waals surface area contributed by atoms with Crippen LogP contribution in [0.15, 0.2) is 60.8 Å². The third kappa shape index (κ3) is 5.42. The molecule has 30 heavy (non-hydrogen) atoms. The number of aromatic nitrogens is 1. The van der Waals surface area contributed by atoms with E-state index < -0.39 is 23.9 Å². The molecule has 1 aromatic heterocycles. The third-order valence-corrected chi connectivity index (χ3v) is 5.12. The maximum Gasteiger partial charge on any atom is 0.243 e. The highest BCUT2D eigenvalue weighted by Crippen LogP contribution is 2.19. The van der Waals surface area contributed by atoms with E-state index in [1.54, 1.807) is 0 Å². The van der Waals surface area contributed by atoms with Gasteiger partial charge < -0.3 is 21.4 Å². The highest BCUT2D eigenvalue weighted by molar-refractivity contribution is 7.81. The second-order valence-electron chi connectivity index (χ2n) is 7.00. The van der Waals surface area contributed by atoms with Crippen LogP contribution in [-0.4, -0.2) is 40.5 Å². The molecule has 0 aliphatic carbocycles. The molecule has 1 heterocycles. The fourth-order valence-corrected chi connectivity index (χ4v) is 3.41. The fraction of sp³-hybridized carbons (Fsp3) is 0.227. The Labute approximate surface area is 179 Å².